The number of nitrogens with one attached hydrogen (secondary N) is 1. The van der Waals surface area contributed by atoms with Crippen LogP contribution in [-0.2, 0) is 4.74 Å². The first-order valence-electron chi connectivity index (χ1n) is 5.78. The predicted molar refractivity (Wildman–Crippen MR) is 61.4 cm³/mol. The number of benzene rings is 1. The Morgan fingerprint density at radius 2 is 2.29 bits per heavy atom. The summed E-state index contributed by atoms with van der Waals surface area (Å²) in [6.07, 6.45) is 2.40. The third-order valence-electron chi connectivity index (χ3n) is 3.13. The highest BCUT2D eigenvalue weighted by Crippen LogP contribution is 2.25. The maximum atomic E-state index is 13.8. The van der Waals surface area contributed by atoms with Gasteiger partial charge in [-0.15, -0.1) is 0 Å². The van der Waals surface area contributed by atoms with Gasteiger partial charge in [0.15, 0.2) is 0 Å². The predicted octanol–water partition coefficient (Wildman–Crippen LogP) is 2.17. The Balaban J connectivity index is 2.20. The maximum Gasteiger partial charge on any atom is 0.328 e. The van der Waals surface area contributed by atoms with Crippen molar-refractivity contribution in [3.8, 4) is 0 Å². The van der Waals surface area contributed by atoms with Crippen LogP contribution in [0.4, 0.5) is 4.39 Å². The smallest absolute Gasteiger partial charge is 0.328 e. The Morgan fingerprint density at radius 1 is 1.41 bits per heavy atom. The van der Waals surface area contributed by atoms with E-state index in [4.69, 9.17) is 4.74 Å². The second-order valence-corrected chi connectivity index (χ2v) is 4.26. The monoisotopic (exact) mass is 236 g/mol. The fourth-order valence-electron chi connectivity index (χ4n) is 2.34. The lowest BCUT2D eigenvalue weighted by Crippen LogP contribution is -2.27. The number of halogens is 1. The molecule has 1 aromatic heterocycles. The molecule has 1 aliphatic rings. The van der Waals surface area contributed by atoms with E-state index in [-0.39, 0.29) is 11.9 Å². The number of H-pyrrole nitrogens is 1. The molecular formula is C12H13FN2O2. The molecule has 3 rings (SSSR count). The van der Waals surface area contributed by atoms with E-state index < -0.39 is 5.82 Å². The van der Waals surface area contributed by atoms with Crippen molar-refractivity contribution in [2.45, 2.75) is 25.5 Å². The second-order valence-electron chi connectivity index (χ2n) is 4.26. The van der Waals surface area contributed by atoms with E-state index in [1.165, 1.54) is 10.6 Å². The normalized spacial score (nSPS) is 20.9. The van der Waals surface area contributed by atoms with Gasteiger partial charge in [0.1, 0.15) is 17.6 Å². The van der Waals surface area contributed by atoms with Crippen molar-refractivity contribution in [3.05, 3.63) is 34.5 Å². The number of aromatic amines is 1. The van der Waals surface area contributed by atoms with Crippen molar-refractivity contribution < 1.29 is 9.13 Å². The number of imidazole rings is 1. The van der Waals surface area contributed by atoms with Crippen LogP contribution in [0, 0.1) is 5.82 Å². The molecule has 17 heavy (non-hydrogen) atoms. The van der Waals surface area contributed by atoms with Gasteiger partial charge < -0.3 is 9.72 Å². The highest BCUT2D eigenvalue weighted by atomic mass is 19.1. The molecule has 0 spiro atoms. The molecule has 0 aliphatic carbocycles. The van der Waals surface area contributed by atoms with Gasteiger partial charge in [-0.3, -0.25) is 4.57 Å². The summed E-state index contributed by atoms with van der Waals surface area (Å²) in [6.45, 7) is 0.623. The third kappa shape index (κ3) is 1.67. The van der Waals surface area contributed by atoms with Gasteiger partial charge in [0.25, 0.3) is 0 Å². The van der Waals surface area contributed by atoms with E-state index in [9.17, 15) is 9.18 Å². The van der Waals surface area contributed by atoms with Crippen molar-refractivity contribution in [2.24, 2.45) is 0 Å². The van der Waals surface area contributed by atoms with Crippen LogP contribution < -0.4 is 5.69 Å². The van der Waals surface area contributed by atoms with Gasteiger partial charge >= 0.3 is 5.69 Å². The number of rotatable bonds is 1. The number of aromatic nitrogens is 2. The first kappa shape index (κ1) is 10.5. The molecular weight excluding hydrogens is 223 g/mol. The zero-order valence-corrected chi connectivity index (χ0v) is 9.28. The minimum absolute atomic E-state index is 0.308. The van der Waals surface area contributed by atoms with Crippen LogP contribution in [0.1, 0.15) is 25.5 Å². The van der Waals surface area contributed by atoms with Crippen molar-refractivity contribution >= 4 is 11.0 Å². The molecule has 1 saturated heterocycles. The van der Waals surface area contributed by atoms with E-state index >= 15 is 0 Å². The summed E-state index contributed by atoms with van der Waals surface area (Å²) in [5, 5.41) is 0. The van der Waals surface area contributed by atoms with Crippen molar-refractivity contribution in [2.75, 3.05) is 6.61 Å². The number of hydrogen-bond donors (Lipinski definition) is 1. The maximum absolute atomic E-state index is 13.8. The zero-order valence-electron chi connectivity index (χ0n) is 9.28. The van der Waals surface area contributed by atoms with Crippen LogP contribution in [0.2, 0.25) is 0 Å². The number of fused-ring (bicyclic) bond motifs is 1. The average Bonchev–Trinajstić information content (AvgIpc) is 2.68. The molecule has 1 fully saturated rings. The van der Waals surface area contributed by atoms with Gasteiger partial charge in [0.2, 0.25) is 0 Å². The van der Waals surface area contributed by atoms with Crippen LogP contribution in [0.5, 0.6) is 0 Å². The van der Waals surface area contributed by atoms with E-state index in [1.807, 2.05) is 0 Å². The second kappa shape index (κ2) is 4.00. The first-order chi connectivity index (χ1) is 8.27. The molecule has 2 aromatic rings. The van der Waals surface area contributed by atoms with Crippen LogP contribution >= 0.6 is 0 Å². The quantitative estimate of drug-likeness (QED) is 0.824. The Kier molecular flexibility index (Phi) is 2.48. The minimum atomic E-state index is -0.393. The Hall–Kier alpha value is -1.62. The fraction of sp³-hybridized carbons (Fsp3) is 0.417. The summed E-state index contributed by atoms with van der Waals surface area (Å²) >= 11 is 0. The van der Waals surface area contributed by atoms with Crippen molar-refractivity contribution in [1.29, 1.82) is 0 Å². The largest absolute Gasteiger partial charge is 0.358 e. The lowest BCUT2D eigenvalue weighted by Gasteiger charge is -2.23. The molecule has 2 heterocycles. The molecule has 0 saturated carbocycles. The molecule has 1 atom stereocenters. The van der Waals surface area contributed by atoms with Crippen LogP contribution in [0.15, 0.2) is 23.0 Å². The number of hydrogen-bond acceptors (Lipinski definition) is 2. The van der Waals surface area contributed by atoms with Crippen LogP contribution in [0.25, 0.3) is 11.0 Å². The molecule has 1 unspecified atom stereocenters. The van der Waals surface area contributed by atoms with Crippen LogP contribution in [-0.4, -0.2) is 16.2 Å². The molecule has 1 N–H and O–H groups in total. The molecule has 1 aromatic carbocycles. The SMILES string of the molecule is O=c1[nH]c2cccc(F)c2n1C1CCCCO1. The number of nitrogens with zero attached hydrogens (tertiary/aromatic N) is 1. The van der Waals surface area contributed by atoms with Crippen molar-refractivity contribution in [3.63, 3.8) is 0 Å². The summed E-state index contributed by atoms with van der Waals surface area (Å²) in [7, 11) is 0. The molecule has 1 aliphatic heterocycles. The minimum Gasteiger partial charge on any atom is -0.358 e. The molecule has 5 heteroatoms. The average molecular weight is 236 g/mol. The fourth-order valence-corrected chi connectivity index (χ4v) is 2.34. The standard InChI is InChI=1S/C12H13FN2O2/c13-8-4-3-5-9-11(8)15(12(16)14-9)10-6-1-2-7-17-10/h3-5,10H,1-2,6-7H2,(H,14,16). The molecule has 90 valence electrons. The first-order valence-corrected chi connectivity index (χ1v) is 5.78. The Morgan fingerprint density at radius 3 is 3.06 bits per heavy atom. The number of para-hydroxylation sites is 1. The zero-order chi connectivity index (χ0) is 11.8. The lowest BCUT2D eigenvalue weighted by molar-refractivity contribution is -0.0315. The van der Waals surface area contributed by atoms with Gasteiger partial charge in [-0.05, 0) is 31.4 Å². The molecule has 0 radical (unpaired) electrons. The van der Waals surface area contributed by atoms with Gasteiger partial charge in [-0.25, -0.2) is 9.18 Å². The Bertz CT molecular complexity index is 596. The van der Waals surface area contributed by atoms with Gasteiger partial charge in [-0.2, -0.15) is 0 Å². The highest BCUT2D eigenvalue weighted by molar-refractivity contribution is 5.75. The summed E-state index contributed by atoms with van der Waals surface area (Å²) in [6, 6.07) is 4.63. The Labute approximate surface area is 97.0 Å². The number of ether oxygens (including phenoxy) is 1. The van der Waals surface area contributed by atoms with Gasteiger partial charge in [-0.1, -0.05) is 6.07 Å². The lowest BCUT2D eigenvalue weighted by atomic mass is 10.2. The topological polar surface area (TPSA) is 47.0 Å². The van der Waals surface area contributed by atoms with Gasteiger partial charge in [0.05, 0.1) is 5.52 Å². The van der Waals surface area contributed by atoms with E-state index in [2.05, 4.69) is 4.98 Å². The summed E-state index contributed by atoms with van der Waals surface area (Å²) < 4.78 is 20.7. The molecule has 0 amide bonds. The van der Waals surface area contributed by atoms with Crippen molar-refractivity contribution in [1.82, 2.24) is 9.55 Å². The van der Waals surface area contributed by atoms with Gasteiger partial charge in [0, 0.05) is 6.61 Å². The third-order valence-corrected chi connectivity index (χ3v) is 3.13. The van der Waals surface area contributed by atoms with Crippen LogP contribution in [0.3, 0.4) is 0 Å². The van der Waals surface area contributed by atoms with E-state index in [0.29, 0.717) is 17.6 Å². The highest BCUT2D eigenvalue weighted by Gasteiger charge is 2.21. The molecule has 0 bridgehead atoms. The molecule has 4 nitrogen and oxygen atoms in total. The van der Waals surface area contributed by atoms with E-state index in [0.717, 1.165) is 19.3 Å². The summed E-state index contributed by atoms with van der Waals surface area (Å²) in [5.41, 5.74) is 0.519. The summed E-state index contributed by atoms with van der Waals surface area (Å²) in [5.74, 6) is -0.393. The van der Waals surface area contributed by atoms with E-state index in [1.54, 1.807) is 12.1 Å². The summed E-state index contributed by atoms with van der Waals surface area (Å²) in [4.78, 5) is 14.5.